The van der Waals surface area contributed by atoms with E-state index in [4.69, 9.17) is 5.11 Å². The smallest absolute Gasteiger partial charge is 0.303 e. The van der Waals surface area contributed by atoms with Crippen LogP contribution in [0.1, 0.15) is 50.6 Å². The van der Waals surface area contributed by atoms with Crippen molar-refractivity contribution in [2.24, 2.45) is 5.92 Å². The van der Waals surface area contributed by atoms with Crippen LogP contribution in [0.4, 0.5) is 4.39 Å². The normalized spacial score (nSPS) is 30.3. The van der Waals surface area contributed by atoms with Gasteiger partial charge in [0.1, 0.15) is 5.82 Å². The van der Waals surface area contributed by atoms with E-state index in [0.717, 1.165) is 31.2 Å². The van der Waals surface area contributed by atoms with Crippen molar-refractivity contribution in [3.05, 3.63) is 35.6 Å². The fourth-order valence-electron chi connectivity index (χ4n) is 4.31. The van der Waals surface area contributed by atoms with Crippen LogP contribution in [0.5, 0.6) is 0 Å². The zero-order chi connectivity index (χ0) is 15.0. The Hall–Kier alpha value is -1.42. The fourth-order valence-corrected chi connectivity index (χ4v) is 4.31. The number of halogens is 1. The minimum Gasteiger partial charge on any atom is -0.481 e. The molecule has 1 aromatic rings. The summed E-state index contributed by atoms with van der Waals surface area (Å²) in [6, 6.07) is 7.94. The van der Waals surface area contributed by atoms with E-state index in [0.29, 0.717) is 18.0 Å². The number of hydrogen-bond donors (Lipinski definition) is 1. The molecule has 0 aromatic heterocycles. The molecule has 2 aliphatic heterocycles. The van der Waals surface area contributed by atoms with Gasteiger partial charge in [0.05, 0.1) is 0 Å². The summed E-state index contributed by atoms with van der Waals surface area (Å²) in [5.74, 6) is -0.575. The van der Waals surface area contributed by atoms with Gasteiger partial charge in [-0.25, -0.2) is 4.39 Å². The maximum atomic E-state index is 13.4. The largest absolute Gasteiger partial charge is 0.481 e. The summed E-state index contributed by atoms with van der Waals surface area (Å²) in [6.45, 7) is 2.14. The van der Waals surface area contributed by atoms with E-state index in [2.05, 4.69) is 11.8 Å². The molecule has 0 spiro atoms. The molecule has 0 saturated carbocycles. The standard InChI is InChI=1S/C17H22FNO2/c1-11(13-3-2-4-14(18)10-13)19-15-5-6-16(19)8-12(7-15)9-17(20)21/h2-4,10-12,15-16H,5-9H2,1H3,(H,20,21). The van der Waals surface area contributed by atoms with E-state index < -0.39 is 5.97 Å². The first-order chi connectivity index (χ1) is 10.0. The first kappa shape index (κ1) is 14.5. The molecule has 4 heteroatoms. The minimum absolute atomic E-state index is 0.188. The molecule has 2 fully saturated rings. The molecule has 2 heterocycles. The molecule has 1 N–H and O–H groups in total. The van der Waals surface area contributed by atoms with E-state index in [9.17, 15) is 9.18 Å². The van der Waals surface area contributed by atoms with E-state index in [1.165, 1.54) is 6.07 Å². The van der Waals surface area contributed by atoms with Gasteiger partial charge in [0.15, 0.2) is 0 Å². The van der Waals surface area contributed by atoms with Gasteiger partial charge in [-0.1, -0.05) is 12.1 Å². The number of carboxylic acid groups (broad SMARTS) is 1. The fraction of sp³-hybridized carbons (Fsp3) is 0.588. The molecule has 2 bridgehead atoms. The average molecular weight is 291 g/mol. The first-order valence-electron chi connectivity index (χ1n) is 7.79. The van der Waals surface area contributed by atoms with Crippen molar-refractivity contribution in [1.29, 1.82) is 0 Å². The van der Waals surface area contributed by atoms with Crippen molar-refractivity contribution in [2.75, 3.05) is 0 Å². The van der Waals surface area contributed by atoms with Gasteiger partial charge in [0, 0.05) is 24.5 Å². The molecule has 3 atom stereocenters. The van der Waals surface area contributed by atoms with Crippen molar-refractivity contribution >= 4 is 5.97 Å². The Labute approximate surface area is 124 Å². The topological polar surface area (TPSA) is 40.5 Å². The highest BCUT2D eigenvalue weighted by molar-refractivity contribution is 5.67. The van der Waals surface area contributed by atoms with Crippen molar-refractivity contribution in [3.63, 3.8) is 0 Å². The molecular formula is C17H22FNO2. The summed E-state index contributed by atoms with van der Waals surface area (Å²) < 4.78 is 13.4. The van der Waals surface area contributed by atoms with Gasteiger partial charge in [-0.05, 0) is 56.2 Å². The van der Waals surface area contributed by atoms with Crippen molar-refractivity contribution in [1.82, 2.24) is 4.90 Å². The number of fused-ring (bicyclic) bond motifs is 2. The summed E-state index contributed by atoms with van der Waals surface area (Å²) in [7, 11) is 0. The van der Waals surface area contributed by atoms with Crippen molar-refractivity contribution in [2.45, 2.75) is 57.2 Å². The number of benzene rings is 1. The average Bonchev–Trinajstić information content (AvgIpc) is 2.69. The SMILES string of the molecule is CC(c1cccc(F)c1)N1C2CCC1CC(CC(=O)O)C2. The van der Waals surface area contributed by atoms with Gasteiger partial charge in [0.2, 0.25) is 0 Å². The zero-order valence-corrected chi connectivity index (χ0v) is 12.3. The van der Waals surface area contributed by atoms with E-state index >= 15 is 0 Å². The number of carboxylic acids is 1. The lowest BCUT2D eigenvalue weighted by Crippen LogP contribution is -2.44. The summed E-state index contributed by atoms with van der Waals surface area (Å²) in [5, 5.41) is 8.99. The minimum atomic E-state index is -0.689. The highest BCUT2D eigenvalue weighted by Gasteiger charge is 2.43. The van der Waals surface area contributed by atoms with Crippen LogP contribution < -0.4 is 0 Å². The molecule has 3 nitrogen and oxygen atoms in total. The molecule has 3 rings (SSSR count). The molecule has 2 saturated heterocycles. The van der Waals surface area contributed by atoms with Crippen molar-refractivity contribution in [3.8, 4) is 0 Å². The van der Waals surface area contributed by atoms with Crippen LogP contribution in [-0.4, -0.2) is 28.1 Å². The van der Waals surface area contributed by atoms with Gasteiger partial charge in [-0.2, -0.15) is 0 Å². The first-order valence-corrected chi connectivity index (χ1v) is 7.79. The van der Waals surface area contributed by atoms with E-state index in [-0.39, 0.29) is 18.3 Å². The van der Waals surface area contributed by atoms with Crippen LogP contribution in [0.25, 0.3) is 0 Å². The summed E-state index contributed by atoms with van der Waals surface area (Å²) >= 11 is 0. The van der Waals surface area contributed by atoms with Crippen LogP contribution in [0.2, 0.25) is 0 Å². The predicted octanol–water partition coefficient (Wildman–Crippen LogP) is 3.60. The van der Waals surface area contributed by atoms with Crippen LogP contribution in [-0.2, 0) is 4.79 Å². The number of rotatable bonds is 4. The molecule has 1 aromatic carbocycles. The molecule has 21 heavy (non-hydrogen) atoms. The maximum Gasteiger partial charge on any atom is 0.303 e. The zero-order valence-electron chi connectivity index (χ0n) is 12.3. The molecule has 0 amide bonds. The number of hydrogen-bond acceptors (Lipinski definition) is 2. The summed E-state index contributed by atoms with van der Waals surface area (Å²) in [4.78, 5) is 13.4. The Morgan fingerprint density at radius 2 is 2.05 bits per heavy atom. The Kier molecular flexibility index (Phi) is 3.98. The summed E-state index contributed by atoms with van der Waals surface area (Å²) in [6.07, 6.45) is 4.49. The third kappa shape index (κ3) is 2.95. The van der Waals surface area contributed by atoms with Gasteiger partial charge in [0.25, 0.3) is 0 Å². The Balaban J connectivity index is 1.74. The van der Waals surface area contributed by atoms with E-state index in [1.54, 1.807) is 12.1 Å². The Bertz CT molecular complexity index is 519. The lowest BCUT2D eigenvalue weighted by atomic mass is 9.86. The van der Waals surface area contributed by atoms with Gasteiger partial charge in [-0.15, -0.1) is 0 Å². The van der Waals surface area contributed by atoms with Crippen LogP contribution in [0.15, 0.2) is 24.3 Å². The molecule has 2 aliphatic rings. The summed E-state index contributed by atoms with van der Waals surface area (Å²) in [5.41, 5.74) is 1.02. The monoisotopic (exact) mass is 291 g/mol. The highest BCUT2D eigenvalue weighted by Crippen LogP contribution is 2.44. The van der Waals surface area contributed by atoms with Gasteiger partial charge >= 0.3 is 5.97 Å². The maximum absolute atomic E-state index is 13.4. The van der Waals surface area contributed by atoms with Crippen LogP contribution >= 0.6 is 0 Å². The highest BCUT2D eigenvalue weighted by atomic mass is 19.1. The second kappa shape index (κ2) is 5.76. The second-order valence-corrected chi connectivity index (χ2v) is 6.50. The molecule has 0 radical (unpaired) electrons. The van der Waals surface area contributed by atoms with Crippen LogP contribution in [0, 0.1) is 11.7 Å². The van der Waals surface area contributed by atoms with Crippen LogP contribution in [0.3, 0.4) is 0 Å². The molecular weight excluding hydrogens is 269 g/mol. The number of nitrogens with zero attached hydrogens (tertiary/aromatic N) is 1. The molecule has 3 unspecified atom stereocenters. The third-order valence-corrected chi connectivity index (χ3v) is 5.13. The van der Waals surface area contributed by atoms with Gasteiger partial charge < -0.3 is 5.11 Å². The second-order valence-electron chi connectivity index (χ2n) is 6.50. The Morgan fingerprint density at radius 3 is 2.62 bits per heavy atom. The van der Waals surface area contributed by atoms with Crippen molar-refractivity contribution < 1.29 is 14.3 Å². The predicted molar refractivity (Wildman–Crippen MR) is 78.4 cm³/mol. The number of piperidine rings is 1. The lowest BCUT2D eigenvalue weighted by molar-refractivity contribution is -0.138. The quantitative estimate of drug-likeness (QED) is 0.921. The molecule has 0 aliphatic carbocycles. The number of carbonyl (C=O) groups is 1. The third-order valence-electron chi connectivity index (χ3n) is 5.13. The van der Waals surface area contributed by atoms with E-state index in [1.807, 2.05) is 6.07 Å². The lowest BCUT2D eigenvalue weighted by Gasteiger charge is -2.42. The number of aliphatic carboxylic acids is 1. The van der Waals surface area contributed by atoms with Gasteiger partial charge in [-0.3, -0.25) is 9.69 Å². The Morgan fingerprint density at radius 1 is 1.38 bits per heavy atom. The molecule has 114 valence electrons.